The minimum atomic E-state index is 0.488. The highest BCUT2D eigenvalue weighted by molar-refractivity contribution is 5.79. The average molecular weight is 372 g/mol. The van der Waals surface area contributed by atoms with Gasteiger partial charge in [0.25, 0.3) is 0 Å². The summed E-state index contributed by atoms with van der Waals surface area (Å²) in [5, 5.41) is 6.47. The molecule has 0 unspecified atom stereocenters. The lowest BCUT2D eigenvalue weighted by atomic mass is 10.2. The number of pyridine rings is 1. The number of benzene rings is 1. The highest BCUT2D eigenvalue weighted by atomic mass is 16.5. The summed E-state index contributed by atoms with van der Waals surface area (Å²) in [6, 6.07) is 11.8. The zero-order valence-electron chi connectivity index (χ0n) is 16.2. The van der Waals surface area contributed by atoms with Crippen molar-refractivity contribution in [3.8, 4) is 11.6 Å². The van der Waals surface area contributed by atoms with Crippen LogP contribution >= 0.6 is 0 Å². The van der Waals surface area contributed by atoms with Crippen LogP contribution in [0.15, 0.2) is 47.6 Å². The third-order valence-electron chi connectivity index (χ3n) is 3.70. The molecule has 0 saturated heterocycles. The quantitative estimate of drug-likeness (QED) is 0.378. The summed E-state index contributed by atoms with van der Waals surface area (Å²) < 4.78 is 16.1. The van der Waals surface area contributed by atoms with E-state index >= 15 is 0 Å². The van der Waals surface area contributed by atoms with Gasteiger partial charge in [0.15, 0.2) is 5.96 Å². The number of aliphatic imine (C=N–C) groups is 1. The van der Waals surface area contributed by atoms with Crippen LogP contribution in [0.1, 0.15) is 11.1 Å². The first-order valence-corrected chi connectivity index (χ1v) is 8.92. The molecule has 146 valence electrons. The van der Waals surface area contributed by atoms with E-state index in [-0.39, 0.29) is 0 Å². The largest absolute Gasteiger partial charge is 0.492 e. The first kappa shape index (κ1) is 20.5. The van der Waals surface area contributed by atoms with Crippen LogP contribution in [-0.4, -0.2) is 51.5 Å². The van der Waals surface area contributed by atoms with Gasteiger partial charge in [0.05, 0.1) is 13.2 Å². The maximum absolute atomic E-state index is 5.69. The van der Waals surface area contributed by atoms with Crippen molar-refractivity contribution >= 4 is 5.96 Å². The third kappa shape index (κ3) is 7.96. The fourth-order valence-electron chi connectivity index (χ4n) is 2.21. The fourth-order valence-corrected chi connectivity index (χ4v) is 2.21. The molecule has 2 rings (SSSR count). The topological polar surface area (TPSA) is 77.0 Å². The molecular formula is C20H28N4O3. The molecular weight excluding hydrogens is 344 g/mol. The lowest BCUT2D eigenvalue weighted by molar-refractivity contribution is 0.143. The number of methoxy groups -OCH3 is 1. The van der Waals surface area contributed by atoms with Crippen LogP contribution in [0.5, 0.6) is 11.6 Å². The van der Waals surface area contributed by atoms with E-state index in [1.807, 2.05) is 36.4 Å². The van der Waals surface area contributed by atoms with Crippen molar-refractivity contribution in [1.29, 1.82) is 0 Å². The lowest BCUT2D eigenvalue weighted by Crippen LogP contribution is -2.38. The lowest BCUT2D eigenvalue weighted by Gasteiger charge is -2.13. The second-order valence-corrected chi connectivity index (χ2v) is 5.86. The van der Waals surface area contributed by atoms with E-state index in [0.29, 0.717) is 44.7 Å². The molecule has 0 radical (unpaired) electrons. The predicted octanol–water partition coefficient (Wildman–Crippen LogP) is 2.16. The SMILES string of the molecule is CN=C(NCCOc1ccc(C)cc1)NCc1ccc(OCCOC)nc1. The Balaban J connectivity index is 1.66. The first-order chi connectivity index (χ1) is 13.2. The van der Waals surface area contributed by atoms with Gasteiger partial charge in [-0.3, -0.25) is 4.99 Å². The Kier molecular flexibility index (Phi) is 8.92. The summed E-state index contributed by atoms with van der Waals surface area (Å²) in [7, 11) is 3.38. The molecule has 0 spiro atoms. The van der Waals surface area contributed by atoms with Gasteiger partial charge in [-0.2, -0.15) is 0 Å². The van der Waals surface area contributed by atoms with E-state index in [0.717, 1.165) is 11.3 Å². The van der Waals surface area contributed by atoms with Gasteiger partial charge in [0, 0.05) is 33.0 Å². The molecule has 1 aromatic carbocycles. The Labute approximate surface area is 160 Å². The Morgan fingerprint density at radius 2 is 1.81 bits per heavy atom. The maximum atomic E-state index is 5.69. The average Bonchev–Trinajstić information content (AvgIpc) is 2.70. The summed E-state index contributed by atoms with van der Waals surface area (Å²) in [6.45, 7) is 4.90. The Morgan fingerprint density at radius 1 is 1.00 bits per heavy atom. The van der Waals surface area contributed by atoms with Crippen molar-refractivity contribution in [3.05, 3.63) is 53.7 Å². The van der Waals surface area contributed by atoms with Gasteiger partial charge in [-0.1, -0.05) is 23.8 Å². The first-order valence-electron chi connectivity index (χ1n) is 8.92. The molecule has 0 aliphatic rings. The molecule has 7 heteroatoms. The third-order valence-corrected chi connectivity index (χ3v) is 3.70. The van der Waals surface area contributed by atoms with Gasteiger partial charge in [0.2, 0.25) is 5.88 Å². The standard InChI is InChI=1S/C20H28N4O3/c1-16-4-7-18(8-5-16)26-11-10-22-20(21-2)24-15-17-6-9-19(23-14-17)27-13-12-25-3/h4-9,14H,10-13,15H2,1-3H3,(H2,21,22,24). The molecule has 2 aromatic rings. The number of nitrogens with one attached hydrogen (secondary N) is 2. The fraction of sp³-hybridized carbons (Fsp3) is 0.400. The van der Waals surface area contributed by atoms with Crippen molar-refractivity contribution in [2.24, 2.45) is 4.99 Å². The number of rotatable bonds is 10. The molecule has 1 heterocycles. The van der Waals surface area contributed by atoms with Crippen LogP contribution in [0.3, 0.4) is 0 Å². The van der Waals surface area contributed by atoms with Gasteiger partial charge in [0.1, 0.15) is 19.0 Å². The minimum Gasteiger partial charge on any atom is -0.492 e. The molecule has 7 nitrogen and oxygen atoms in total. The van der Waals surface area contributed by atoms with Gasteiger partial charge >= 0.3 is 0 Å². The number of aryl methyl sites for hydroxylation is 1. The van der Waals surface area contributed by atoms with Crippen LogP contribution in [-0.2, 0) is 11.3 Å². The van der Waals surface area contributed by atoms with Crippen molar-refractivity contribution in [2.45, 2.75) is 13.5 Å². The number of guanidine groups is 1. The molecule has 2 N–H and O–H groups in total. The summed E-state index contributed by atoms with van der Waals surface area (Å²) in [6.07, 6.45) is 1.78. The van der Waals surface area contributed by atoms with E-state index in [1.165, 1.54) is 5.56 Å². The molecule has 0 atom stereocenters. The molecule has 0 aliphatic carbocycles. The number of nitrogens with zero attached hydrogens (tertiary/aromatic N) is 2. The summed E-state index contributed by atoms with van der Waals surface area (Å²) in [4.78, 5) is 8.48. The Morgan fingerprint density at radius 3 is 2.48 bits per heavy atom. The number of hydrogen-bond donors (Lipinski definition) is 2. The van der Waals surface area contributed by atoms with Crippen LogP contribution in [0.4, 0.5) is 0 Å². The summed E-state index contributed by atoms with van der Waals surface area (Å²) in [5.74, 6) is 2.17. The van der Waals surface area contributed by atoms with E-state index < -0.39 is 0 Å². The van der Waals surface area contributed by atoms with Gasteiger partial charge in [-0.15, -0.1) is 0 Å². The van der Waals surface area contributed by atoms with Crippen LogP contribution < -0.4 is 20.1 Å². The Hall–Kier alpha value is -2.80. The monoisotopic (exact) mass is 372 g/mol. The maximum Gasteiger partial charge on any atom is 0.213 e. The predicted molar refractivity (Wildman–Crippen MR) is 106 cm³/mol. The zero-order chi connectivity index (χ0) is 19.3. The van der Waals surface area contributed by atoms with Crippen LogP contribution in [0, 0.1) is 6.92 Å². The molecule has 0 saturated carbocycles. The van der Waals surface area contributed by atoms with Crippen molar-refractivity contribution in [2.75, 3.05) is 40.5 Å². The number of hydrogen-bond acceptors (Lipinski definition) is 5. The second kappa shape index (κ2) is 11.7. The summed E-state index contributed by atoms with van der Waals surface area (Å²) >= 11 is 0. The number of aromatic nitrogens is 1. The normalized spacial score (nSPS) is 11.1. The second-order valence-electron chi connectivity index (χ2n) is 5.86. The smallest absolute Gasteiger partial charge is 0.213 e. The molecule has 27 heavy (non-hydrogen) atoms. The van der Waals surface area contributed by atoms with E-state index in [2.05, 4.69) is 27.5 Å². The minimum absolute atomic E-state index is 0.488. The van der Waals surface area contributed by atoms with Gasteiger partial charge in [-0.05, 0) is 24.6 Å². The van der Waals surface area contributed by atoms with E-state index in [4.69, 9.17) is 14.2 Å². The molecule has 0 fully saturated rings. The van der Waals surface area contributed by atoms with Crippen molar-refractivity contribution in [1.82, 2.24) is 15.6 Å². The van der Waals surface area contributed by atoms with Crippen LogP contribution in [0.25, 0.3) is 0 Å². The van der Waals surface area contributed by atoms with E-state index in [9.17, 15) is 0 Å². The molecule has 0 aliphatic heterocycles. The van der Waals surface area contributed by atoms with Gasteiger partial charge < -0.3 is 24.8 Å². The van der Waals surface area contributed by atoms with Crippen LogP contribution in [0.2, 0.25) is 0 Å². The molecule has 0 bridgehead atoms. The molecule has 0 amide bonds. The highest BCUT2D eigenvalue weighted by Crippen LogP contribution is 2.10. The van der Waals surface area contributed by atoms with Crippen molar-refractivity contribution in [3.63, 3.8) is 0 Å². The Bertz CT molecular complexity index is 687. The molecule has 1 aromatic heterocycles. The van der Waals surface area contributed by atoms with Gasteiger partial charge in [-0.25, -0.2) is 4.98 Å². The van der Waals surface area contributed by atoms with Crippen molar-refractivity contribution < 1.29 is 14.2 Å². The zero-order valence-corrected chi connectivity index (χ0v) is 16.2. The van der Waals surface area contributed by atoms with E-state index in [1.54, 1.807) is 20.4 Å². The highest BCUT2D eigenvalue weighted by Gasteiger charge is 2.01. The summed E-state index contributed by atoms with van der Waals surface area (Å²) in [5.41, 5.74) is 2.25. The number of ether oxygens (including phenoxy) is 3.